The van der Waals surface area contributed by atoms with Crippen molar-refractivity contribution in [2.75, 3.05) is 24.5 Å². The molecule has 0 aliphatic carbocycles. The van der Waals surface area contributed by atoms with Gasteiger partial charge < -0.3 is 38.2 Å². The number of benzene rings is 18. The van der Waals surface area contributed by atoms with Crippen LogP contribution in [0.4, 0.5) is 85.3 Å². The maximum absolute atomic E-state index is 2.43. The molecule has 0 aliphatic rings. The molecule has 0 bridgehead atoms. The van der Waals surface area contributed by atoms with E-state index >= 15 is 0 Å². The third kappa shape index (κ3) is 13.1. The summed E-state index contributed by atoms with van der Waals surface area (Å²) in [5.41, 5.74) is 32.0. The quantitative estimate of drug-likeness (QED) is 0.0805. The van der Waals surface area contributed by atoms with E-state index in [9.17, 15) is 0 Å². The van der Waals surface area contributed by atoms with E-state index in [1.165, 1.54) is 65.5 Å². The van der Waals surface area contributed by atoms with Crippen molar-refractivity contribution >= 4 is 151 Å². The highest BCUT2D eigenvalue weighted by Gasteiger charge is 2.24. The standard InChI is InChI=1S/C111H82N8/c1-77-25-23-33-97(72-77)114(82-27-7-4-8-28-82)91-52-46-85(47-53-91)112(86-48-54-92(55-49-86)115(83-29-9-5-10-30-83)98-34-24-26-78(2)73-98)87-50-56-93(57-51-87)116(84-31-11-6-12-32-84)99-74-79(3)71-81(75-99)80-45-70-111-105(76-80)104-39-17-22-44-110(104)119(111)96-68-62-90(63-69-96)113(88-58-64-94(65-59-88)117-106-40-18-13-35-100(106)101-36-14-19-41-107(101)117)89-60-66-95(67-61-89)118-108-42-20-15-37-102(108)103-38-16-21-43-109(103)118/h4-76H,1-3H3. The number of aromatic nitrogens is 3. The fourth-order valence-corrected chi connectivity index (χ4v) is 17.9. The molecule has 0 unspecified atom stereocenters. The molecule has 119 heavy (non-hydrogen) atoms. The van der Waals surface area contributed by atoms with Crippen molar-refractivity contribution in [1.82, 2.24) is 13.7 Å². The molecule has 3 aromatic heterocycles. The van der Waals surface area contributed by atoms with Crippen LogP contribution in [-0.2, 0) is 0 Å². The number of para-hydroxylation sites is 8. The lowest BCUT2D eigenvalue weighted by Gasteiger charge is -2.30. The van der Waals surface area contributed by atoms with Gasteiger partial charge in [-0.3, -0.25) is 0 Å². The second-order valence-corrected chi connectivity index (χ2v) is 30.8. The lowest BCUT2D eigenvalue weighted by molar-refractivity contribution is 1.16. The summed E-state index contributed by atoms with van der Waals surface area (Å²) in [5.74, 6) is 0. The Morgan fingerprint density at radius 1 is 0.143 bits per heavy atom. The largest absolute Gasteiger partial charge is 0.310 e. The summed E-state index contributed by atoms with van der Waals surface area (Å²) in [6.07, 6.45) is 0. The highest BCUT2D eigenvalue weighted by Crippen LogP contribution is 2.47. The molecule has 0 radical (unpaired) electrons. The first-order valence-electron chi connectivity index (χ1n) is 40.8. The van der Waals surface area contributed by atoms with E-state index in [1.54, 1.807) is 0 Å². The molecule has 0 saturated heterocycles. The predicted molar refractivity (Wildman–Crippen MR) is 503 cm³/mol. The number of rotatable bonds is 19. The van der Waals surface area contributed by atoms with Crippen LogP contribution < -0.4 is 24.5 Å². The summed E-state index contributed by atoms with van der Waals surface area (Å²) in [6, 6.07) is 161. The second-order valence-electron chi connectivity index (χ2n) is 30.8. The molecule has 566 valence electrons. The van der Waals surface area contributed by atoms with E-state index < -0.39 is 0 Å². The van der Waals surface area contributed by atoms with Crippen molar-refractivity contribution in [3.05, 3.63) is 460 Å². The van der Waals surface area contributed by atoms with Crippen molar-refractivity contribution in [3.63, 3.8) is 0 Å². The summed E-state index contributed by atoms with van der Waals surface area (Å²) in [4.78, 5) is 11.8. The number of nitrogens with zero attached hydrogens (tertiary/aromatic N) is 8. The van der Waals surface area contributed by atoms with Crippen LogP contribution in [0, 0.1) is 20.8 Å². The maximum Gasteiger partial charge on any atom is 0.0541 e. The normalized spacial score (nSPS) is 11.5. The molecular weight excluding hydrogens is 1450 g/mol. The molecule has 0 aliphatic heterocycles. The van der Waals surface area contributed by atoms with Crippen LogP contribution in [0.1, 0.15) is 16.7 Å². The van der Waals surface area contributed by atoms with E-state index in [2.05, 4.69) is 502 Å². The topological polar surface area (TPSA) is 31.0 Å². The molecule has 0 N–H and O–H groups in total. The van der Waals surface area contributed by atoms with Crippen LogP contribution in [-0.4, -0.2) is 13.7 Å². The molecule has 21 rings (SSSR count). The number of hydrogen-bond acceptors (Lipinski definition) is 5. The van der Waals surface area contributed by atoms with Crippen LogP contribution in [0.2, 0.25) is 0 Å². The Morgan fingerprint density at radius 2 is 0.378 bits per heavy atom. The zero-order valence-electron chi connectivity index (χ0n) is 66.2. The summed E-state index contributed by atoms with van der Waals surface area (Å²) < 4.78 is 7.20. The van der Waals surface area contributed by atoms with Gasteiger partial charge in [0.15, 0.2) is 0 Å². The van der Waals surface area contributed by atoms with E-state index in [0.717, 1.165) is 130 Å². The second kappa shape index (κ2) is 30.3. The third-order valence-corrected chi connectivity index (χ3v) is 23.2. The van der Waals surface area contributed by atoms with Gasteiger partial charge in [0.05, 0.1) is 33.1 Å². The summed E-state index contributed by atoms with van der Waals surface area (Å²) in [6.45, 7) is 6.52. The molecule has 0 fully saturated rings. The lowest BCUT2D eigenvalue weighted by atomic mass is 9.99. The molecule has 8 heteroatoms. The summed E-state index contributed by atoms with van der Waals surface area (Å²) >= 11 is 0. The molecule has 18 aromatic carbocycles. The number of aryl methyl sites for hydroxylation is 3. The minimum absolute atomic E-state index is 1.02. The molecule has 21 aromatic rings. The Morgan fingerprint density at radius 3 is 0.689 bits per heavy atom. The van der Waals surface area contributed by atoms with Gasteiger partial charge in [0.25, 0.3) is 0 Å². The first kappa shape index (κ1) is 71.2. The third-order valence-electron chi connectivity index (χ3n) is 23.2. The Labute approximate surface area is 692 Å². The van der Waals surface area contributed by atoms with Crippen LogP contribution in [0.15, 0.2) is 443 Å². The Bertz CT molecular complexity index is 6900. The van der Waals surface area contributed by atoms with E-state index in [-0.39, 0.29) is 0 Å². The number of hydrogen-bond donors (Lipinski definition) is 0. The molecular formula is C111H82N8. The first-order valence-corrected chi connectivity index (χ1v) is 40.8. The van der Waals surface area contributed by atoms with Gasteiger partial charge in [-0.15, -0.1) is 0 Å². The van der Waals surface area contributed by atoms with Gasteiger partial charge in [0, 0.05) is 135 Å². The molecule has 0 spiro atoms. The molecule has 8 nitrogen and oxygen atoms in total. The van der Waals surface area contributed by atoms with Gasteiger partial charge in [-0.2, -0.15) is 0 Å². The SMILES string of the molecule is Cc1cccc(N(c2ccccc2)c2ccc(N(c3ccc(N(c4ccccc4)c4cccc(C)c4)cc3)c3ccc(N(c4ccccc4)c4cc(C)cc(-c5ccc6c(c5)c5ccccc5n6-c5ccc(N(c6ccc(-n7c8ccccc8c8ccccc87)cc6)c6ccc(-n7c8ccccc8c8ccccc87)cc6)cc5)c4)cc3)cc2)c1. The summed E-state index contributed by atoms with van der Waals surface area (Å²) in [7, 11) is 0. The van der Waals surface area contributed by atoms with Crippen LogP contribution in [0.5, 0.6) is 0 Å². The van der Waals surface area contributed by atoms with E-state index in [4.69, 9.17) is 0 Å². The number of anilines is 15. The van der Waals surface area contributed by atoms with Crippen molar-refractivity contribution in [3.8, 4) is 28.2 Å². The highest BCUT2D eigenvalue weighted by atomic mass is 15.2. The Hall–Kier alpha value is -15.6. The summed E-state index contributed by atoms with van der Waals surface area (Å²) in [5, 5.41) is 7.34. The smallest absolute Gasteiger partial charge is 0.0541 e. The van der Waals surface area contributed by atoms with Crippen molar-refractivity contribution < 1.29 is 0 Å². The van der Waals surface area contributed by atoms with Gasteiger partial charge in [-0.25, -0.2) is 0 Å². The molecule has 0 atom stereocenters. The zero-order valence-corrected chi connectivity index (χ0v) is 66.2. The molecule has 3 heterocycles. The van der Waals surface area contributed by atoms with Crippen molar-refractivity contribution in [2.24, 2.45) is 0 Å². The van der Waals surface area contributed by atoms with Crippen molar-refractivity contribution in [1.29, 1.82) is 0 Å². The van der Waals surface area contributed by atoms with Gasteiger partial charge in [-0.05, 0) is 309 Å². The highest BCUT2D eigenvalue weighted by molar-refractivity contribution is 6.12. The van der Waals surface area contributed by atoms with Gasteiger partial charge in [-0.1, -0.05) is 182 Å². The maximum atomic E-state index is 2.43. The predicted octanol–water partition coefficient (Wildman–Crippen LogP) is 30.9. The van der Waals surface area contributed by atoms with Crippen LogP contribution in [0.3, 0.4) is 0 Å². The van der Waals surface area contributed by atoms with Crippen LogP contribution >= 0.6 is 0 Å². The van der Waals surface area contributed by atoms with Crippen molar-refractivity contribution in [2.45, 2.75) is 20.8 Å². The average Bonchev–Trinajstić information content (AvgIpc) is 1.61. The number of fused-ring (bicyclic) bond motifs is 9. The fraction of sp³-hybridized carbons (Fsp3) is 0.0270. The molecule has 0 saturated carbocycles. The minimum atomic E-state index is 1.02. The van der Waals surface area contributed by atoms with Gasteiger partial charge >= 0.3 is 0 Å². The van der Waals surface area contributed by atoms with Gasteiger partial charge in [0.1, 0.15) is 0 Å². The zero-order chi connectivity index (χ0) is 79.4. The van der Waals surface area contributed by atoms with E-state index in [0.29, 0.717) is 0 Å². The monoisotopic (exact) mass is 1530 g/mol. The fourth-order valence-electron chi connectivity index (χ4n) is 17.9. The Kier molecular flexibility index (Phi) is 18.1. The first-order chi connectivity index (χ1) is 58.7. The Balaban J connectivity index is 0.626. The van der Waals surface area contributed by atoms with Crippen LogP contribution in [0.25, 0.3) is 93.6 Å². The average molecular weight is 1530 g/mol. The molecule has 0 amide bonds. The van der Waals surface area contributed by atoms with Gasteiger partial charge in [0.2, 0.25) is 0 Å². The lowest BCUT2D eigenvalue weighted by Crippen LogP contribution is -2.14. The van der Waals surface area contributed by atoms with E-state index in [1.807, 2.05) is 0 Å². The minimum Gasteiger partial charge on any atom is -0.310 e.